The summed E-state index contributed by atoms with van der Waals surface area (Å²) >= 11 is 0. The van der Waals surface area contributed by atoms with Crippen LogP contribution in [0, 0.1) is 13.8 Å². The van der Waals surface area contributed by atoms with Crippen molar-refractivity contribution >= 4 is 17.6 Å². The molecule has 2 heterocycles. The highest BCUT2D eigenvalue weighted by Crippen LogP contribution is 2.21. The van der Waals surface area contributed by atoms with Crippen LogP contribution in [0.15, 0.2) is 29.3 Å². The number of carbonyl (C=O) groups excluding carboxylic acids is 1. The zero-order chi connectivity index (χ0) is 22.4. The second-order valence-corrected chi connectivity index (χ2v) is 8.39. The summed E-state index contributed by atoms with van der Waals surface area (Å²) in [6, 6.07) is 8.43. The molecule has 31 heavy (non-hydrogen) atoms. The number of nitrogens with zero attached hydrogens (tertiary/aromatic N) is 4. The van der Waals surface area contributed by atoms with Crippen LogP contribution >= 0.6 is 0 Å². The first-order valence-electron chi connectivity index (χ1n) is 11.3. The van der Waals surface area contributed by atoms with Crippen LogP contribution in [0.2, 0.25) is 0 Å². The Morgan fingerprint density at radius 1 is 1.23 bits per heavy atom. The van der Waals surface area contributed by atoms with Gasteiger partial charge in [-0.15, -0.1) is 0 Å². The van der Waals surface area contributed by atoms with Crippen LogP contribution in [-0.2, 0) is 24.8 Å². The molecule has 1 atom stereocenters. The quantitative estimate of drug-likeness (QED) is 0.529. The lowest BCUT2D eigenvalue weighted by Crippen LogP contribution is -2.43. The van der Waals surface area contributed by atoms with Crippen molar-refractivity contribution in [1.29, 1.82) is 0 Å². The van der Waals surface area contributed by atoms with E-state index in [2.05, 4.69) is 55.6 Å². The summed E-state index contributed by atoms with van der Waals surface area (Å²) in [6.45, 7) is 10.6. The minimum Gasteiger partial charge on any atom is -0.357 e. The van der Waals surface area contributed by atoms with E-state index in [1.807, 2.05) is 28.8 Å². The number of hydrogen-bond acceptors (Lipinski definition) is 3. The Hall–Kier alpha value is -2.83. The molecular formula is C24H36N6O. The van der Waals surface area contributed by atoms with Gasteiger partial charge in [0.15, 0.2) is 5.96 Å². The third kappa shape index (κ3) is 5.87. The fourth-order valence-corrected chi connectivity index (χ4v) is 4.05. The number of guanidine groups is 1. The molecule has 1 unspecified atom stereocenters. The van der Waals surface area contributed by atoms with Gasteiger partial charge in [-0.1, -0.05) is 12.1 Å². The van der Waals surface area contributed by atoms with Gasteiger partial charge in [0.05, 0.1) is 12.2 Å². The zero-order valence-electron chi connectivity index (χ0n) is 19.5. The van der Waals surface area contributed by atoms with Crippen LogP contribution in [0.4, 0.5) is 5.69 Å². The van der Waals surface area contributed by atoms with Gasteiger partial charge in [0.25, 0.3) is 0 Å². The van der Waals surface area contributed by atoms with E-state index in [1.54, 1.807) is 0 Å². The Morgan fingerprint density at radius 3 is 2.58 bits per heavy atom. The average molecular weight is 425 g/mol. The van der Waals surface area contributed by atoms with Gasteiger partial charge < -0.3 is 15.5 Å². The molecule has 168 valence electrons. The summed E-state index contributed by atoms with van der Waals surface area (Å²) in [7, 11) is 1.99. The van der Waals surface area contributed by atoms with Gasteiger partial charge in [-0.2, -0.15) is 5.10 Å². The number of rotatable bonds is 7. The summed E-state index contributed by atoms with van der Waals surface area (Å²) in [5.74, 6) is 1.04. The second-order valence-electron chi connectivity index (χ2n) is 8.39. The van der Waals surface area contributed by atoms with E-state index in [4.69, 9.17) is 4.99 Å². The fraction of sp³-hybridized carbons (Fsp3) is 0.542. The number of aromatic nitrogens is 2. The second kappa shape index (κ2) is 10.5. The number of amides is 1. The summed E-state index contributed by atoms with van der Waals surface area (Å²) in [5, 5.41) is 11.4. The summed E-state index contributed by atoms with van der Waals surface area (Å²) in [6.07, 6.45) is 3.63. The molecule has 1 aromatic carbocycles. The largest absolute Gasteiger partial charge is 0.357 e. The van der Waals surface area contributed by atoms with Crippen molar-refractivity contribution in [3.8, 4) is 0 Å². The summed E-state index contributed by atoms with van der Waals surface area (Å²) < 4.78 is 1.94. The predicted molar refractivity (Wildman–Crippen MR) is 126 cm³/mol. The first kappa shape index (κ1) is 22.8. The van der Waals surface area contributed by atoms with Gasteiger partial charge in [0, 0.05) is 44.0 Å². The number of piperidine rings is 1. The molecule has 2 aromatic rings. The molecule has 0 spiro atoms. The van der Waals surface area contributed by atoms with E-state index in [9.17, 15) is 4.79 Å². The SMILES string of the molecule is CCNC(=NCc1ccc(N2CCCCC2=O)cc1)NC(C)Cc1c(C)nn(C)c1C. The Bertz CT molecular complexity index is 915. The number of aryl methyl sites for hydroxylation is 2. The molecule has 1 aliphatic rings. The summed E-state index contributed by atoms with van der Waals surface area (Å²) in [5.41, 5.74) is 5.69. The topological polar surface area (TPSA) is 74.6 Å². The number of aliphatic imine (C=N–C) groups is 1. The van der Waals surface area contributed by atoms with Crippen molar-refractivity contribution in [3.63, 3.8) is 0 Å². The summed E-state index contributed by atoms with van der Waals surface area (Å²) in [4.78, 5) is 18.8. The van der Waals surface area contributed by atoms with Crippen molar-refractivity contribution in [2.24, 2.45) is 12.0 Å². The highest BCUT2D eigenvalue weighted by Gasteiger charge is 2.19. The van der Waals surface area contributed by atoms with Crippen LogP contribution in [-0.4, -0.2) is 40.8 Å². The highest BCUT2D eigenvalue weighted by molar-refractivity contribution is 5.93. The van der Waals surface area contributed by atoms with Gasteiger partial charge in [0.1, 0.15) is 0 Å². The van der Waals surface area contributed by atoms with E-state index >= 15 is 0 Å². The van der Waals surface area contributed by atoms with Gasteiger partial charge in [-0.05, 0) is 70.2 Å². The van der Waals surface area contributed by atoms with Gasteiger partial charge in [-0.25, -0.2) is 4.99 Å². The third-order valence-corrected chi connectivity index (χ3v) is 5.89. The standard InChI is InChI=1S/C24H36N6O/c1-6-25-24(27-17(2)15-22-18(3)28-29(5)19(22)4)26-16-20-10-12-21(13-11-20)30-14-8-7-9-23(30)31/h10-13,17H,6-9,14-16H2,1-5H3,(H2,25,26,27). The molecular weight excluding hydrogens is 388 g/mol. The first-order valence-corrected chi connectivity index (χ1v) is 11.3. The van der Waals surface area contributed by atoms with Crippen molar-refractivity contribution in [2.45, 2.75) is 66.0 Å². The Labute approximate surface area is 185 Å². The number of nitrogens with one attached hydrogen (secondary N) is 2. The van der Waals surface area contributed by atoms with Crippen molar-refractivity contribution in [2.75, 3.05) is 18.0 Å². The van der Waals surface area contributed by atoms with Crippen molar-refractivity contribution < 1.29 is 4.79 Å². The van der Waals surface area contributed by atoms with Crippen molar-refractivity contribution in [1.82, 2.24) is 20.4 Å². The molecule has 7 heteroatoms. The molecule has 0 bridgehead atoms. The predicted octanol–water partition coefficient (Wildman–Crippen LogP) is 3.24. The lowest BCUT2D eigenvalue weighted by molar-refractivity contribution is -0.119. The van der Waals surface area contributed by atoms with Gasteiger partial charge >= 0.3 is 0 Å². The molecule has 7 nitrogen and oxygen atoms in total. The lowest BCUT2D eigenvalue weighted by Gasteiger charge is -2.26. The van der Waals surface area contributed by atoms with Gasteiger partial charge in [-0.3, -0.25) is 9.48 Å². The van der Waals surface area contributed by atoms with Crippen LogP contribution < -0.4 is 15.5 Å². The van der Waals surface area contributed by atoms with Crippen molar-refractivity contribution in [3.05, 3.63) is 46.8 Å². The molecule has 1 aliphatic heterocycles. The first-order chi connectivity index (χ1) is 14.9. The maximum absolute atomic E-state index is 12.1. The molecule has 1 fully saturated rings. The monoisotopic (exact) mass is 424 g/mol. The Balaban J connectivity index is 1.61. The van der Waals surface area contributed by atoms with Crippen LogP contribution in [0.1, 0.15) is 55.6 Å². The molecule has 0 radical (unpaired) electrons. The fourth-order valence-electron chi connectivity index (χ4n) is 4.05. The van der Waals surface area contributed by atoms with Gasteiger partial charge in [0.2, 0.25) is 5.91 Å². The van der Waals surface area contributed by atoms with E-state index in [1.165, 1.54) is 11.3 Å². The molecule has 1 aromatic heterocycles. The number of carbonyl (C=O) groups is 1. The van der Waals surface area contributed by atoms with Crippen LogP contribution in [0.5, 0.6) is 0 Å². The average Bonchev–Trinajstić information content (AvgIpc) is 2.99. The van der Waals surface area contributed by atoms with Crippen LogP contribution in [0.3, 0.4) is 0 Å². The Morgan fingerprint density at radius 2 is 1.97 bits per heavy atom. The maximum atomic E-state index is 12.1. The van der Waals surface area contributed by atoms with E-state index in [0.717, 1.165) is 55.3 Å². The minimum atomic E-state index is 0.226. The number of benzene rings is 1. The molecule has 1 amide bonds. The number of hydrogen-bond donors (Lipinski definition) is 2. The molecule has 1 saturated heterocycles. The minimum absolute atomic E-state index is 0.226. The molecule has 3 rings (SSSR count). The highest BCUT2D eigenvalue weighted by atomic mass is 16.2. The Kier molecular flexibility index (Phi) is 7.71. The third-order valence-electron chi connectivity index (χ3n) is 5.89. The van der Waals surface area contributed by atoms with E-state index < -0.39 is 0 Å². The molecule has 0 aliphatic carbocycles. The number of anilines is 1. The normalized spacial score (nSPS) is 15.8. The van der Waals surface area contributed by atoms with E-state index in [0.29, 0.717) is 13.0 Å². The zero-order valence-corrected chi connectivity index (χ0v) is 19.5. The molecule has 0 saturated carbocycles. The van der Waals surface area contributed by atoms with E-state index in [-0.39, 0.29) is 11.9 Å². The molecule has 2 N–H and O–H groups in total. The maximum Gasteiger partial charge on any atom is 0.226 e. The lowest BCUT2D eigenvalue weighted by atomic mass is 10.1. The smallest absolute Gasteiger partial charge is 0.226 e. The van der Waals surface area contributed by atoms with Crippen LogP contribution in [0.25, 0.3) is 0 Å².